The van der Waals surface area contributed by atoms with Crippen LogP contribution in [0.25, 0.3) is 0 Å². The van der Waals surface area contributed by atoms with Gasteiger partial charge in [0.25, 0.3) is 0 Å². The molecule has 11 heavy (non-hydrogen) atoms. The van der Waals surface area contributed by atoms with Gasteiger partial charge in [0.1, 0.15) is 0 Å². The molecule has 0 radical (unpaired) electrons. The minimum atomic E-state index is -0.648. The van der Waals surface area contributed by atoms with Crippen molar-refractivity contribution in [2.45, 2.75) is 12.8 Å². The SMILES string of the molecule is C1=CC[C]([La][C]2=CC=CC2)=C1. The Kier molecular flexibility index (Phi) is 2.62. The van der Waals surface area contributed by atoms with Crippen LogP contribution in [-0.2, 0) is 0 Å². The van der Waals surface area contributed by atoms with Gasteiger partial charge in [0, 0.05) is 0 Å². The first kappa shape index (κ1) is 7.79. The quantitative estimate of drug-likeness (QED) is 0.723. The zero-order valence-electron chi connectivity index (χ0n) is 6.46. The third-order valence-electron chi connectivity index (χ3n) is 1.97. The molecule has 0 nitrogen and oxygen atoms in total. The summed E-state index contributed by atoms with van der Waals surface area (Å²) in [7, 11) is 0. The van der Waals surface area contributed by atoms with Crippen LogP contribution >= 0.6 is 0 Å². The summed E-state index contributed by atoms with van der Waals surface area (Å²) in [4.78, 5) is 0. The fraction of sp³-hybridized carbons (Fsp3) is 0.200. The summed E-state index contributed by atoms with van der Waals surface area (Å²) in [5, 5.41) is 0. The molecule has 2 aliphatic rings. The average molecular weight is 269 g/mol. The molecule has 0 aromatic rings. The molecular weight excluding hydrogens is 259 g/mol. The van der Waals surface area contributed by atoms with Crippen molar-refractivity contribution in [3.8, 4) is 0 Å². The summed E-state index contributed by atoms with van der Waals surface area (Å²) < 4.78 is 3.53. The first-order chi connectivity index (χ1) is 5.45. The van der Waals surface area contributed by atoms with Crippen LogP contribution in [0.2, 0.25) is 0 Å². The Morgan fingerprint density at radius 1 is 0.909 bits per heavy atom. The summed E-state index contributed by atoms with van der Waals surface area (Å²) in [5.41, 5.74) is 0. The molecule has 0 aromatic carbocycles. The van der Waals surface area contributed by atoms with Gasteiger partial charge < -0.3 is 0 Å². The van der Waals surface area contributed by atoms with Gasteiger partial charge in [0.15, 0.2) is 0 Å². The van der Waals surface area contributed by atoms with E-state index in [1.165, 1.54) is 12.8 Å². The Balaban J connectivity index is 1.91. The first-order valence-electron chi connectivity index (χ1n) is 4.01. The van der Waals surface area contributed by atoms with Gasteiger partial charge in [-0.3, -0.25) is 0 Å². The van der Waals surface area contributed by atoms with E-state index >= 15 is 0 Å². The topological polar surface area (TPSA) is 0 Å². The van der Waals surface area contributed by atoms with Crippen molar-refractivity contribution in [1.29, 1.82) is 0 Å². The summed E-state index contributed by atoms with van der Waals surface area (Å²) in [6.07, 6.45) is 16.1. The first-order valence-corrected chi connectivity index (χ1v) is 7.64. The molecule has 0 N–H and O–H groups in total. The second-order valence-electron chi connectivity index (χ2n) is 2.89. The molecule has 0 unspecified atom stereocenters. The van der Waals surface area contributed by atoms with Crippen molar-refractivity contribution in [2.75, 3.05) is 0 Å². The van der Waals surface area contributed by atoms with Crippen LogP contribution < -0.4 is 0 Å². The molecule has 0 spiro atoms. The fourth-order valence-electron chi connectivity index (χ4n) is 1.38. The molecule has 2 aliphatic carbocycles. The molecule has 1 heteroatoms. The molecule has 0 aliphatic heterocycles. The van der Waals surface area contributed by atoms with E-state index in [9.17, 15) is 0 Å². The van der Waals surface area contributed by atoms with Crippen LogP contribution in [0.15, 0.2) is 40.4 Å². The molecular formula is C10H10La. The summed E-state index contributed by atoms with van der Waals surface area (Å²) in [6, 6.07) is 0. The fourth-order valence-corrected chi connectivity index (χ4v) is 5.77. The van der Waals surface area contributed by atoms with Crippen LogP contribution in [0.4, 0.5) is 0 Å². The predicted octanol–water partition coefficient (Wildman–Crippen LogP) is 2.76. The molecule has 0 fully saturated rings. The standard InChI is InChI=1S/2C5H5.La/c2*1-2-4-5-3-1;/h2*1-3H,4H2;. The van der Waals surface area contributed by atoms with Crippen molar-refractivity contribution in [3.63, 3.8) is 0 Å². The predicted molar refractivity (Wildman–Crippen MR) is 43.7 cm³/mol. The molecule has 2 rings (SSSR count). The van der Waals surface area contributed by atoms with E-state index in [-0.39, 0.29) is 0 Å². The zero-order valence-corrected chi connectivity index (χ0v) is 10.1. The van der Waals surface area contributed by atoms with Gasteiger partial charge in [0.2, 0.25) is 0 Å². The number of hydrogen-bond donors (Lipinski definition) is 0. The van der Waals surface area contributed by atoms with E-state index < -0.39 is 31.9 Å². The molecule has 0 saturated heterocycles. The molecule has 0 aromatic heterocycles. The normalized spacial score (nSPS) is 20.0. The second-order valence-corrected chi connectivity index (χ2v) is 8.46. The summed E-state index contributed by atoms with van der Waals surface area (Å²) >= 11 is -0.648. The maximum absolute atomic E-state index is 2.33. The molecule has 0 amide bonds. The van der Waals surface area contributed by atoms with Crippen LogP contribution in [-0.4, -0.2) is 0 Å². The molecule has 0 saturated carbocycles. The van der Waals surface area contributed by atoms with Crippen LogP contribution in [0, 0.1) is 31.9 Å². The van der Waals surface area contributed by atoms with Crippen molar-refractivity contribution >= 4 is 0 Å². The molecule has 0 atom stereocenters. The van der Waals surface area contributed by atoms with Gasteiger partial charge in [-0.15, -0.1) is 0 Å². The van der Waals surface area contributed by atoms with Gasteiger partial charge in [-0.05, 0) is 0 Å². The van der Waals surface area contributed by atoms with E-state index in [0.29, 0.717) is 0 Å². The summed E-state index contributed by atoms with van der Waals surface area (Å²) in [6.45, 7) is 0. The molecule has 0 heterocycles. The van der Waals surface area contributed by atoms with E-state index in [4.69, 9.17) is 0 Å². The Morgan fingerprint density at radius 3 is 1.82 bits per heavy atom. The summed E-state index contributed by atoms with van der Waals surface area (Å²) in [5.74, 6) is 0. The Hall–Kier alpha value is 0.155. The maximum atomic E-state index is 2.33. The number of allylic oxidation sites excluding steroid dienone is 8. The van der Waals surface area contributed by atoms with E-state index in [1.54, 1.807) is 3.95 Å². The van der Waals surface area contributed by atoms with Crippen LogP contribution in [0.3, 0.4) is 0 Å². The van der Waals surface area contributed by atoms with Gasteiger partial charge in [-0.2, -0.15) is 0 Å². The number of rotatable bonds is 2. The van der Waals surface area contributed by atoms with Gasteiger partial charge in [-0.25, -0.2) is 0 Å². The van der Waals surface area contributed by atoms with E-state index in [0.717, 1.165) is 0 Å². The van der Waals surface area contributed by atoms with Crippen molar-refractivity contribution in [3.05, 3.63) is 40.4 Å². The number of hydrogen-bond acceptors (Lipinski definition) is 0. The monoisotopic (exact) mass is 269 g/mol. The zero-order chi connectivity index (χ0) is 7.52. The van der Waals surface area contributed by atoms with Gasteiger partial charge in [-0.1, -0.05) is 0 Å². The Labute approximate surface area is 84.4 Å². The van der Waals surface area contributed by atoms with E-state index in [2.05, 4.69) is 36.5 Å². The van der Waals surface area contributed by atoms with Crippen molar-refractivity contribution in [1.82, 2.24) is 0 Å². The molecule has 53 valence electrons. The molecule has 0 bridgehead atoms. The Bertz CT molecular complexity index is 239. The third kappa shape index (κ3) is 2.05. The average Bonchev–Trinajstić information content (AvgIpc) is 2.60. The van der Waals surface area contributed by atoms with Gasteiger partial charge in [0.05, 0.1) is 0 Å². The van der Waals surface area contributed by atoms with Crippen molar-refractivity contribution in [2.24, 2.45) is 0 Å². The Morgan fingerprint density at radius 2 is 1.45 bits per heavy atom. The van der Waals surface area contributed by atoms with Crippen molar-refractivity contribution < 1.29 is 31.9 Å². The van der Waals surface area contributed by atoms with E-state index in [1.807, 2.05) is 0 Å². The minimum absolute atomic E-state index is 0.648. The van der Waals surface area contributed by atoms with Crippen LogP contribution in [0.1, 0.15) is 12.8 Å². The third-order valence-corrected chi connectivity index (χ3v) is 6.99. The van der Waals surface area contributed by atoms with Gasteiger partial charge >= 0.3 is 85.1 Å². The van der Waals surface area contributed by atoms with Crippen LogP contribution in [0.5, 0.6) is 0 Å². The second kappa shape index (κ2) is 3.71.